The van der Waals surface area contributed by atoms with Gasteiger partial charge in [0.05, 0.1) is 12.8 Å². The Morgan fingerprint density at radius 1 is 1.00 bits per heavy atom. The van der Waals surface area contributed by atoms with Crippen molar-refractivity contribution < 1.29 is 14.3 Å². The number of carbonyl (C=O) groups is 2. The average molecular weight is 404 g/mol. The molecule has 2 aromatic carbocycles. The third kappa shape index (κ3) is 4.35. The van der Waals surface area contributed by atoms with E-state index >= 15 is 0 Å². The Kier molecular flexibility index (Phi) is 5.79. The van der Waals surface area contributed by atoms with Gasteiger partial charge < -0.3 is 15.0 Å². The van der Waals surface area contributed by atoms with E-state index < -0.39 is 0 Å². The van der Waals surface area contributed by atoms with Crippen LogP contribution in [0.2, 0.25) is 0 Å². The first-order valence-corrected chi connectivity index (χ1v) is 9.99. The number of rotatable bonds is 5. The minimum atomic E-state index is -0.107. The first-order chi connectivity index (χ1) is 14.6. The molecule has 0 atom stereocenters. The zero-order valence-corrected chi connectivity index (χ0v) is 16.8. The molecule has 4 rings (SSSR count). The second-order valence-electron chi connectivity index (χ2n) is 7.27. The van der Waals surface area contributed by atoms with Crippen molar-refractivity contribution in [1.29, 1.82) is 0 Å². The number of amides is 2. The SMILES string of the molecule is COc1ccc(-n2ccc(C(=O)N3CCC(C(=O)Nc4ccccc4)CC3)n2)cc1. The van der Waals surface area contributed by atoms with Crippen LogP contribution >= 0.6 is 0 Å². The van der Waals surface area contributed by atoms with Crippen molar-refractivity contribution in [3.05, 3.63) is 72.6 Å². The Labute approximate surface area is 175 Å². The van der Waals surface area contributed by atoms with Crippen LogP contribution in [0.1, 0.15) is 23.3 Å². The Bertz CT molecular complexity index is 1010. The van der Waals surface area contributed by atoms with Crippen molar-refractivity contribution in [3.8, 4) is 11.4 Å². The molecule has 0 unspecified atom stereocenters. The number of nitrogens with zero attached hydrogens (tertiary/aromatic N) is 3. The molecule has 0 spiro atoms. The molecule has 1 saturated heterocycles. The van der Waals surface area contributed by atoms with E-state index in [0.717, 1.165) is 17.1 Å². The Morgan fingerprint density at radius 2 is 1.70 bits per heavy atom. The molecule has 2 heterocycles. The number of hydrogen-bond donors (Lipinski definition) is 1. The third-order valence-electron chi connectivity index (χ3n) is 5.34. The van der Waals surface area contributed by atoms with E-state index in [0.29, 0.717) is 31.6 Å². The highest BCUT2D eigenvalue weighted by Gasteiger charge is 2.28. The molecule has 3 aromatic rings. The van der Waals surface area contributed by atoms with Gasteiger partial charge in [0.25, 0.3) is 5.91 Å². The first-order valence-electron chi connectivity index (χ1n) is 9.99. The summed E-state index contributed by atoms with van der Waals surface area (Å²) in [4.78, 5) is 27.1. The van der Waals surface area contributed by atoms with Crippen molar-refractivity contribution in [3.63, 3.8) is 0 Å². The van der Waals surface area contributed by atoms with Gasteiger partial charge in [-0.3, -0.25) is 9.59 Å². The highest BCUT2D eigenvalue weighted by molar-refractivity contribution is 5.94. The van der Waals surface area contributed by atoms with Gasteiger partial charge in [-0.25, -0.2) is 4.68 Å². The molecule has 154 valence electrons. The number of piperidine rings is 1. The van der Waals surface area contributed by atoms with Gasteiger partial charge in [-0.05, 0) is 55.3 Å². The maximum atomic E-state index is 12.8. The largest absolute Gasteiger partial charge is 0.497 e. The lowest BCUT2D eigenvalue weighted by Crippen LogP contribution is -2.41. The number of methoxy groups -OCH3 is 1. The number of aromatic nitrogens is 2. The zero-order chi connectivity index (χ0) is 20.9. The molecule has 1 aliphatic rings. The van der Waals surface area contributed by atoms with Crippen LogP contribution in [-0.4, -0.2) is 46.7 Å². The van der Waals surface area contributed by atoms with E-state index in [1.165, 1.54) is 0 Å². The lowest BCUT2D eigenvalue weighted by Gasteiger charge is -2.30. The van der Waals surface area contributed by atoms with Crippen molar-refractivity contribution in [1.82, 2.24) is 14.7 Å². The second-order valence-corrected chi connectivity index (χ2v) is 7.27. The number of para-hydroxylation sites is 1. The molecule has 0 aliphatic carbocycles. The first kappa shape index (κ1) is 19.7. The number of hydrogen-bond acceptors (Lipinski definition) is 4. The molecular formula is C23H24N4O3. The molecule has 30 heavy (non-hydrogen) atoms. The fourth-order valence-corrected chi connectivity index (χ4v) is 3.59. The summed E-state index contributed by atoms with van der Waals surface area (Å²) in [6, 6.07) is 18.6. The summed E-state index contributed by atoms with van der Waals surface area (Å²) in [5, 5.41) is 7.38. The van der Waals surface area contributed by atoms with Crippen LogP contribution in [0, 0.1) is 5.92 Å². The van der Waals surface area contributed by atoms with Gasteiger partial charge in [0.2, 0.25) is 5.91 Å². The Balaban J connectivity index is 1.34. The molecule has 2 amide bonds. The topological polar surface area (TPSA) is 76.5 Å². The Morgan fingerprint density at radius 3 is 2.37 bits per heavy atom. The lowest BCUT2D eigenvalue weighted by atomic mass is 9.95. The van der Waals surface area contributed by atoms with Crippen molar-refractivity contribution in [2.75, 3.05) is 25.5 Å². The third-order valence-corrected chi connectivity index (χ3v) is 5.34. The fourth-order valence-electron chi connectivity index (χ4n) is 3.59. The van der Waals surface area contributed by atoms with Crippen LogP contribution in [0.25, 0.3) is 5.69 Å². The standard InChI is InChI=1S/C23H24N4O3/c1-30-20-9-7-19(8-10-20)27-16-13-21(25-27)23(29)26-14-11-17(12-15-26)22(28)24-18-5-3-2-4-6-18/h2-10,13,16-17H,11-12,14-15H2,1H3,(H,24,28). The molecule has 0 saturated carbocycles. The van der Waals surface area contributed by atoms with Gasteiger partial charge in [0.1, 0.15) is 5.75 Å². The van der Waals surface area contributed by atoms with Crippen LogP contribution < -0.4 is 10.1 Å². The summed E-state index contributed by atoms with van der Waals surface area (Å²) in [6.07, 6.45) is 3.06. The van der Waals surface area contributed by atoms with Crippen LogP contribution in [0.3, 0.4) is 0 Å². The number of nitrogens with one attached hydrogen (secondary N) is 1. The van der Waals surface area contributed by atoms with Gasteiger partial charge in [-0.15, -0.1) is 0 Å². The lowest BCUT2D eigenvalue weighted by molar-refractivity contribution is -0.121. The minimum absolute atomic E-state index is 0.0112. The number of ether oxygens (including phenoxy) is 1. The van der Waals surface area contributed by atoms with Gasteiger partial charge in [0.15, 0.2) is 5.69 Å². The summed E-state index contributed by atoms with van der Waals surface area (Å²) in [7, 11) is 1.62. The van der Waals surface area contributed by atoms with Crippen molar-refractivity contribution in [2.24, 2.45) is 5.92 Å². The van der Waals surface area contributed by atoms with Gasteiger partial charge in [0, 0.05) is 30.9 Å². The monoisotopic (exact) mass is 404 g/mol. The number of anilines is 1. The quantitative estimate of drug-likeness (QED) is 0.707. The molecular weight excluding hydrogens is 380 g/mol. The predicted molar refractivity (Wildman–Crippen MR) is 114 cm³/mol. The van der Waals surface area contributed by atoms with Crippen LogP contribution in [-0.2, 0) is 4.79 Å². The maximum absolute atomic E-state index is 12.8. The summed E-state index contributed by atoms with van der Waals surface area (Å²) >= 11 is 0. The highest BCUT2D eigenvalue weighted by Crippen LogP contribution is 2.21. The molecule has 0 bridgehead atoms. The van der Waals surface area contributed by atoms with Gasteiger partial charge >= 0.3 is 0 Å². The van der Waals surface area contributed by atoms with E-state index in [2.05, 4.69) is 10.4 Å². The van der Waals surface area contributed by atoms with E-state index in [4.69, 9.17) is 4.74 Å². The van der Waals surface area contributed by atoms with Gasteiger partial charge in [-0.1, -0.05) is 18.2 Å². The predicted octanol–water partition coefficient (Wildman–Crippen LogP) is 3.37. The normalized spacial score (nSPS) is 14.4. The smallest absolute Gasteiger partial charge is 0.274 e. The Hall–Kier alpha value is -3.61. The summed E-state index contributed by atoms with van der Waals surface area (Å²) in [5.74, 6) is 0.578. The molecule has 0 radical (unpaired) electrons. The molecule has 7 heteroatoms. The molecule has 1 fully saturated rings. The average Bonchev–Trinajstić information content (AvgIpc) is 3.30. The fraction of sp³-hybridized carbons (Fsp3) is 0.261. The van der Waals surface area contributed by atoms with Crippen LogP contribution in [0.4, 0.5) is 5.69 Å². The molecule has 1 N–H and O–H groups in total. The van der Waals surface area contributed by atoms with E-state index in [1.807, 2.05) is 54.6 Å². The van der Waals surface area contributed by atoms with Crippen LogP contribution in [0.15, 0.2) is 66.9 Å². The minimum Gasteiger partial charge on any atom is -0.497 e. The summed E-state index contributed by atoms with van der Waals surface area (Å²) < 4.78 is 6.84. The van der Waals surface area contributed by atoms with E-state index in [9.17, 15) is 9.59 Å². The highest BCUT2D eigenvalue weighted by atomic mass is 16.5. The molecule has 1 aromatic heterocycles. The van der Waals surface area contributed by atoms with E-state index in [-0.39, 0.29) is 17.7 Å². The number of likely N-dealkylation sites (tertiary alicyclic amines) is 1. The van der Waals surface area contributed by atoms with Crippen molar-refractivity contribution in [2.45, 2.75) is 12.8 Å². The molecule has 7 nitrogen and oxygen atoms in total. The van der Waals surface area contributed by atoms with Gasteiger partial charge in [-0.2, -0.15) is 5.10 Å². The maximum Gasteiger partial charge on any atom is 0.274 e. The summed E-state index contributed by atoms with van der Waals surface area (Å²) in [5.41, 5.74) is 2.05. The number of carbonyl (C=O) groups excluding carboxylic acids is 2. The molecule has 1 aliphatic heterocycles. The van der Waals surface area contributed by atoms with E-state index in [1.54, 1.807) is 29.0 Å². The second kappa shape index (κ2) is 8.82. The van der Waals surface area contributed by atoms with Crippen molar-refractivity contribution >= 4 is 17.5 Å². The van der Waals surface area contributed by atoms with Crippen LogP contribution in [0.5, 0.6) is 5.75 Å². The number of benzene rings is 2. The summed E-state index contributed by atoms with van der Waals surface area (Å²) in [6.45, 7) is 1.09. The zero-order valence-electron chi connectivity index (χ0n) is 16.8.